The second-order valence-electron chi connectivity index (χ2n) is 10.4. The van der Waals surface area contributed by atoms with Gasteiger partial charge >= 0.3 is 0 Å². The number of carbonyl (C=O) groups is 2. The second-order valence-corrected chi connectivity index (χ2v) is 10.4. The van der Waals surface area contributed by atoms with Crippen molar-refractivity contribution in [2.75, 3.05) is 52.4 Å². The highest BCUT2D eigenvalue weighted by molar-refractivity contribution is 5.99. The van der Waals surface area contributed by atoms with Crippen LogP contribution in [0.25, 0.3) is 0 Å². The van der Waals surface area contributed by atoms with E-state index in [1.807, 2.05) is 17.0 Å². The Morgan fingerprint density at radius 1 is 0.730 bits per heavy atom. The van der Waals surface area contributed by atoms with Crippen molar-refractivity contribution in [3.05, 3.63) is 94.8 Å². The Kier molecular flexibility index (Phi) is 7.87. The number of likely N-dealkylation sites (tertiary alicyclic amines) is 1. The molecule has 0 atom stereocenters. The van der Waals surface area contributed by atoms with Gasteiger partial charge in [-0.3, -0.25) is 19.4 Å². The fraction of sp³-hybridized carbons (Fsp3) is 0.419. The van der Waals surface area contributed by atoms with E-state index in [2.05, 4.69) is 82.8 Å². The minimum absolute atomic E-state index is 0.0145. The number of benzene rings is 2. The third-order valence-electron chi connectivity index (χ3n) is 7.92. The lowest BCUT2D eigenvalue weighted by atomic mass is 9.98. The maximum atomic E-state index is 13.5. The summed E-state index contributed by atoms with van der Waals surface area (Å²) >= 11 is 0. The quantitative estimate of drug-likeness (QED) is 0.438. The van der Waals surface area contributed by atoms with Crippen molar-refractivity contribution >= 4 is 11.7 Å². The normalized spacial score (nSPS) is 17.0. The zero-order valence-corrected chi connectivity index (χ0v) is 22.1. The lowest BCUT2D eigenvalue weighted by Gasteiger charge is -2.34. The zero-order valence-electron chi connectivity index (χ0n) is 22.1. The lowest BCUT2D eigenvalue weighted by Crippen LogP contribution is -2.50. The van der Waals surface area contributed by atoms with Crippen molar-refractivity contribution in [3.8, 4) is 0 Å². The average Bonchev–Trinajstić information content (AvgIpc) is 3.56. The average molecular weight is 499 g/mol. The van der Waals surface area contributed by atoms with E-state index >= 15 is 0 Å². The molecule has 2 fully saturated rings. The molecule has 0 saturated carbocycles. The molecular formula is C31H38N4O2. The Hall–Kier alpha value is -3.22. The van der Waals surface area contributed by atoms with Gasteiger partial charge in [0.25, 0.3) is 0 Å². The number of carbonyl (C=O) groups excluding carboxylic acids is 2. The molecule has 0 radical (unpaired) electrons. The molecule has 2 saturated heterocycles. The largest absolute Gasteiger partial charge is 0.342 e. The maximum absolute atomic E-state index is 13.5. The van der Waals surface area contributed by atoms with Crippen LogP contribution in [-0.4, -0.2) is 83.3 Å². The smallest absolute Gasteiger partial charge is 0.236 e. The van der Waals surface area contributed by atoms with E-state index in [-0.39, 0.29) is 17.7 Å². The maximum Gasteiger partial charge on any atom is 0.236 e. The number of hydrogen-bond acceptors (Lipinski definition) is 4. The molecule has 6 heteroatoms. The molecule has 37 heavy (non-hydrogen) atoms. The molecule has 0 N–H and O–H groups in total. The summed E-state index contributed by atoms with van der Waals surface area (Å²) in [6.07, 6.45) is 2.25. The predicted molar refractivity (Wildman–Crippen MR) is 147 cm³/mol. The summed E-state index contributed by atoms with van der Waals surface area (Å²) in [4.78, 5) is 32.5. The van der Waals surface area contributed by atoms with Crippen molar-refractivity contribution in [3.63, 3.8) is 0 Å². The summed E-state index contributed by atoms with van der Waals surface area (Å²) in [5, 5.41) is 0. The summed E-state index contributed by atoms with van der Waals surface area (Å²) in [7, 11) is 0. The van der Waals surface area contributed by atoms with Gasteiger partial charge in [0, 0.05) is 56.2 Å². The number of aromatic nitrogens is 1. The second kappa shape index (κ2) is 11.4. The van der Waals surface area contributed by atoms with E-state index in [1.54, 1.807) is 0 Å². The molecule has 0 aliphatic carbocycles. The minimum Gasteiger partial charge on any atom is -0.342 e. The molecule has 0 unspecified atom stereocenters. The van der Waals surface area contributed by atoms with Crippen molar-refractivity contribution < 1.29 is 9.59 Å². The number of Topliss-reactive ketones (excluding diaryl/α,β-unsaturated/α-hetero) is 1. The van der Waals surface area contributed by atoms with Crippen LogP contribution in [0.4, 0.5) is 0 Å². The number of hydrogen-bond donors (Lipinski definition) is 0. The number of nitrogens with zero attached hydrogens (tertiary/aromatic N) is 4. The van der Waals surface area contributed by atoms with Crippen LogP contribution in [0.15, 0.2) is 66.7 Å². The summed E-state index contributed by atoms with van der Waals surface area (Å²) in [6, 6.07) is 23.1. The van der Waals surface area contributed by atoms with Crippen molar-refractivity contribution in [1.82, 2.24) is 19.3 Å². The summed E-state index contributed by atoms with van der Waals surface area (Å²) in [6.45, 7) is 10.2. The van der Waals surface area contributed by atoms with E-state index in [9.17, 15) is 9.59 Å². The van der Waals surface area contributed by atoms with Crippen LogP contribution in [0.3, 0.4) is 0 Å². The molecule has 5 rings (SSSR count). The van der Waals surface area contributed by atoms with Crippen molar-refractivity contribution in [1.29, 1.82) is 0 Å². The molecule has 2 aliphatic rings. The summed E-state index contributed by atoms with van der Waals surface area (Å²) in [5.41, 5.74) is 5.31. The summed E-state index contributed by atoms with van der Waals surface area (Å²) in [5.74, 6) is 0.418. The van der Waals surface area contributed by atoms with Gasteiger partial charge in [-0.15, -0.1) is 0 Å². The molecule has 6 nitrogen and oxygen atoms in total. The summed E-state index contributed by atoms with van der Waals surface area (Å²) < 4.78 is 2.31. The topological polar surface area (TPSA) is 48.8 Å². The molecule has 3 heterocycles. The highest BCUT2D eigenvalue weighted by atomic mass is 16.2. The third kappa shape index (κ3) is 5.71. The van der Waals surface area contributed by atoms with Gasteiger partial charge in [0.1, 0.15) is 0 Å². The van der Waals surface area contributed by atoms with Crippen LogP contribution in [0.5, 0.6) is 0 Å². The van der Waals surface area contributed by atoms with Gasteiger partial charge in [-0.2, -0.15) is 0 Å². The number of piperazine rings is 1. The highest BCUT2D eigenvalue weighted by Gasteiger charge is 2.27. The number of amides is 1. The third-order valence-corrected chi connectivity index (χ3v) is 7.92. The molecule has 1 aromatic heterocycles. The van der Waals surface area contributed by atoms with Crippen LogP contribution in [0.2, 0.25) is 0 Å². The van der Waals surface area contributed by atoms with Gasteiger partial charge in [0.05, 0.1) is 19.1 Å². The Labute approximate surface area is 220 Å². The molecule has 194 valence electrons. The Morgan fingerprint density at radius 3 is 1.78 bits per heavy atom. The van der Waals surface area contributed by atoms with Gasteiger partial charge in [0.2, 0.25) is 5.91 Å². The van der Waals surface area contributed by atoms with Crippen LogP contribution in [0, 0.1) is 13.8 Å². The first-order valence-electron chi connectivity index (χ1n) is 13.6. The minimum atomic E-state index is 0.0145. The number of rotatable bonds is 8. The van der Waals surface area contributed by atoms with Crippen LogP contribution >= 0.6 is 0 Å². The van der Waals surface area contributed by atoms with E-state index < -0.39 is 0 Å². The van der Waals surface area contributed by atoms with Gasteiger partial charge in [-0.25, -0.2) is 0 Å². The molecular weight excluding hydrogens is 460 g/mol. The number of ketones is 1. The highest BCUT2D eigenvalue weighted by Crippen LogP contribution is 2.31. The first-order chi connectivity index (χ1) is 18.0. The van der Waals surface area contributed by atoms with Gasteiger partial charge in [-0.1, -0.05) is 60.7 Å². The molecule has 1 amide bonds. The molecule has 0 spiro atoms. The van der Waals surface area contributed by atoms with Crippen molar-refractivity contribution in [2.45, 2.75) is 32.7 Å². The SMILES string of the molecule is Cc1cc(C(=O)CN2CCN(CC(=O)N3CCCC3)CC2)c(C)n1C(c1ccccc1)c1ccccc1. The monoisotopic (exact) mass is 498 g/mol. The predicted octanol–water partition coefficient (Wildman–Crippen LogP) is 4.17. The molecule has 3 aromatic rings. The molecule has 0 bridgehead atoms. The Balaban J connectivity index is 1.27. The van der Waals surface area contributed by atoms with Gasteiger partial charge in [-0.05, 0) is 43.9 Å². The fourth-order valence-corrected chi connectivity index (χ4v) is 5.87. The number of aryl methyl sites for hydroxylation is 1. The lowest BCUT2D eigenvalue weighted by molar-refractivity contribution is -0.131. The van der Waals surface area contributed by atoms with E-state index in [4.69, 9.17) is 0 Å². The fourth-order valence-electron chi connectivity index (χ4n) is 5.87. The van der Waals surface area contributed by atoms with E-state index in [0.717, 1.165) is 69.1 Å². The van der Waals surface area contributed by atoms with Gasteiger partial charge < -0.3 is 9.47 Å². The Bertz CT molecular complexity index is 1170. The van der Waals surface area contributed by atoms with E-state index in [0.29, 0.717) is 13.1 Å². The van der Waals surface area contributed by atoms with Crippen LogP contribution in [-0.2, 0) is 4.79 Å². The first kappa shape index (κ1) is 25.4. The van der Waals surface area contributed by atoms with Crippen molar-refractivity contribution in [2.24, 2.45) is 0 Å². The zero-order chi connectivity index (χ0) is 25.8. The molecule has 2 aliphatic heterocycles. The van der Waals surface area contributed by atoms with Crippen LogP contribution in [0.1, 0.15) is 51.8 Å². The Morgan fingerprint density at radius 2 is 1.24 bits per heavy atom. The molecule has 2 aromatic carbocycles. The van der Waals surface area contributed by atoms with Crippen LogP contribution < -0.4 is 0 Å². The first-order valence-corrected chi connectivity index (χ1v) is 13.6. The van der Waals surface area contributed by atoms with E-state index in [1.165, 1.54) is 11.1 Å². The van der Waals surface area contributed by atoms with Gasteiger partial charge in [0.15, 0.2) is 5.78 Å². The standard InChI is InChI=1S/C31H38N4O2/c1-24-21-28(25(2)35(24)31(26-11-5-3-6-12-26)27-13-7-4-8-14-27)29(36)22-32-17-19-33(20-18-32)23-30(37)34-15-9-10-16-34/h3-8,11-14,21,31H,9-10,15-20,22-23H2,1-2H3.